The van der Waals surface area contributed by atoms with E-state index in [4.69, 9.17) is 0 Å². The number of carbonyl (C=O) groups excluding carboxylic acids is 3. The van der Waals surface area contributed by atoms with Gasteiger partial charge in [-0.2, -0.15) is 0 Å². The molecule has 32 heavy (non-hydrogen) atoms. The molecule has 0 spiro atoms. The Balaban J connectivity index is 1.50. The lowest BCUT2D eigenvalue weighted by Crippen LogP contribution is -2.26. The van der Waals surface area contributed by atoms with E-state index in [0.717, 1.165) is 10.8 Å². The number of fused-ring (bicyclic) bond motifs is 3. The molecule has 3 amide bonds. The summed E-state index contributed by atoms with van der Waals surface area (Å²) in [5.74, 6) is -0.931. The normalized spacial score (nSPS) is 13.3. The Morgan fingerprint density at radius 2 is 1.66 bits per heavy atom. The number of hydrogen-bond acceptors (Lipinski definition) is 4. The van der Waals surface area contributed by atoms with Gasteiger partial charge in [0, 0.05) is 34.7 Å². The van der Waals surface area contributed by atoms with Crippen molar-refractivity contribution in [1.29, 1.82) is 0 Å². The largest absolute Gasteiger partial charge is 0.323 e. The summed E-state index contributed by atoms with van der Waals surface area (Å²) in [4.78, 5) is 43.2. The highest BCUT2D eigenvalue weighted by molar-refractivity contribution is 6.21. The summed E-state index contributed by atoms with van der Waals surface area (Å²) >= 11 is 0. The summed E-state index contributed by atoms with van der Waals surface area (Å²) < 4.78 is 0. The Morgan fingerprint density at radius 3 is 2.44 bits per heavy atom. The summed E-state index contributed by atoms with van der Waals surface area (Å²) in [7, 11) is 0. The molecule has 0 atom stereocenters. The molecule has 7 nitrogen and oxygen atoms in total. The molecule has 0 saturated carbocycles. The molecule has 2 heterocycles. The minimum atomic E-state index is -0.351. The van der Waals surface area contributed by atoms with Crippen LogP contribution in [0.3, 0.4) is 0 Å². The standard InChI is InChI=1S/C25H18N4O3/c30-22-15-23(31)29(21-10-5-16-3-1-2-4-20(16)24(21)28-22)19-8-6-18(7-9-19)27-25(32)17-11-13-26-14-12-17/h1-14H,15H2,(H,27,32)(H,28,30). The van der Waals surface area contributed by atoms with E-state index in [1.807, 2.05) is 36.4 Å². The maximum absolute atomic E-state index is 13.0. The van der Waals surface area contributed by atoms with Gasteiger partial charge in [-0.25, -0.2) is 0 Å². The van der Waals surface area contributed by atoms with Gasteiger partial charge in [-0.3, -0.25) is 24.3 Å². The molecule has 1 aromatic heterocycles. The summed E-state index contributed by atoms with van der Waals surface area (Å²) in [5, 5.41) is 7.54. The third kappa shape index (κ3) is 3.56. The molecule has 3 aromatic carbocycles. The molecule has 0 unspecified atom stereocenters. The molecule has 0 bridgehead atoms. The van der Waals surface area contributed by atoms with Crippen molar-refractivity contribution < 1.29 is 14.4 Å². The van der Waals surface area contributed by atoms with Gasteiger partial charge in [0.15, 0.2) is 0 Å². The SMILES string of the molecule is O=C1CC(=O)N(c2ccc(NC(=O)c3ccncc3)cc2)c2ccc3ccccc3c2N1. The van der Waals surface area contributed by atoms with Crippen LogP contribution in [0.5, 0.6) is 0 Å². The number of pyridine rings is 1. The lowest BCUT2D eigenvalue weighted by Gasteiger charge is -2.23. The van der Waals surface area contributed by atoms with Crippen molar-refractivity contribution in [3.05, 3.63) is 90.8 Å². The van der Waals surface area contributed by atoms with Gasteiger partial charge in [-0.15, -0.1) is 0 Å². The fraction of sp³-hybridized carbons (Fsp3) is 0.0400. The molecule has 0 aliphatic carbocycles. The van der Waals surface area contributed by atoms with Gasteiger partial charge in [-0.1, -0.05) is 30.3 Å². The minimum absolute atomic E-state index is 0.252. The first-order chi connectivity index (χ1) is 15.6. The van der Waals surface area contributed by atoms with Crippen molar-refractivity contribution in [3.8, 4) is 0 Å². The minimum Gasteiger partial charge on any atom is -0.323 e. The second-order valence-electron chi connectivity index (χ2n) is 7.37. The van der Waals surface area contributed by atoms with Crippen LogP contribution in [0, 0.1) is 0 Å². The summed E-state index contributed by atoms with van der Waals surface area (Å²) in [6, 6.07) is 21.7. The Kier molecular flexibility index (Phi) is 4.84. The molecule has 4 aromatic rings. The fourth-order valence-corrected chi connectivity index (χ4v) is 3.80. The molecule has 0 saturated heterocycles. The van der Waals surface area contributed by atoms with E-state index in [0.29, 0.717) is 28.3 Å². The summed E-state index contributed by atoms with van der Waals surface area (Å²) in [6.07, 6.45) is 2.85. The van der Waals surface area contributed by atoms with Crippen molar-refractivity contribution in [1.82, 2.24) is 4.98 Å². The molecule has 1 aliphatic heterocycles. The van der Waals surface area contributed by atoms with Crippen molar-refractivity contribution in [2.75, 3.05) is 15.5 Å². The fourth-order valence-electron chi connectivity index (χ4n) is 3.80. The topological polar surface area (TPSA) is 91.4 Å². The van der Waals surface area contributed by atoms with Gasteiger partial charge in [0.25, 0.3) is 5.91 Å². The number of rotatable bonds is 3. The second-order valence-corrected chi connectivity index (χ2v) is 7.37. The predicted molar refractivity (Wildman–Crippen MR) is 123 cm³/mol. The predicted octanol–water partition coefficient (Wildman–Crippen LogP) is 4.49. The zero-order valence-electron chi connectivity index (χ0n) is 16.9. The quantitative estimate of drug-likeness (QED) is 0.476. The zero-order chi connectivity index (χ0) is 22.1. The van der Waals surface area contributed by atoms with Crippen LogP contribution >= 0.6 is 0 Å². The van der Waals surface area contributed by atoms with Gasteiger partial charge in [0.2, 0.25) is 11.8 Å². The van der Waals surface area contributed by atoms with Crippen molar-refractivity contribution >= 4 is 51.2 Å². The van der Waals surface area contributed by atoms with Crippen LogP contribution in [0.15, 0.2) is 85.2 Å². The Hall–Kier alpha value is -4.52. The van der Waals surface area contributed by atoms with E-state index >= 15 is 0 Å². The maximum atomic E-state index is 13.0. The summed E-state index contributed by atoms with van der Waals surface area (Å²) in [5.41, 5.74) is 2.90. The van der Waals surface area contributed by atoms with Crippen LogP contribution in [-0.2, 0) is 9.59 Å². The number of anilines is 4. The first kappa shape index (κ1) is 19.4. The van der Waals surface area contributed by atoms with Crippen LogP contribution in [0.2, 0.25) is 0 Å². The Labute approximate surface area is 183 Å². The molecule has 5 rings (SSSR count). The highest BCUT2D eigenvalue weighted by atomic mass is 16.2. The maximum Gasteiger partial charge on any atom is 0.255 e. The molecule has 156 valence electrons. The number of amides is 3. The smallest absolute Gasteiger partial charge is 0.255 e. The van der Waals surface area contributed by atoms with Crippen LogP contribution < -0.4 is 15.5 Å². The number of benzene rings is 3. The van der Waals surface area contributed by atoms with Gasteiger partial charge in [0.05, 0.1) is 11.4 Å². The van der Waals surface area contributed by atoms with Crippen LogP contribution in [-0.4, -0.2) is 22.7 Å². The van der Waals surface area contributed by atoms with Crippen molar-refractivity contribution in [2.45, 2.75) is 6.42 Å². The van der Waals surface area contributed by atoms with Crippen LogP contribution in [0.4, 0.5) is 22.7 Å². The third-order valence-corrected chi connectivity index (χ3v) is 5.30. The Morgan fingerprint density at radius 1 is 0.906 bits per heavy atom. The zero-order valence-corrected chi connectivity index (χ0v) is 16.9. The highest BCUT2D eigenvalue weighted by Crippen LogP contribution is 2.40. The number of hydrogen-bond donors (Lipinski definition) is 2. The second kappa shape index (κ2) is 7.96. The van der Waals surface area contributed by atoms with Gasteiger partial charge < -0.3 is 10.6 Å². The lowest BCUT2D eigenvalue weighted by atomic mass is 10.1. The number of carbonyl (C=O) groups is 3. The van der Waals surface area contributed by atoms with Gasteiger partial charge in [-0.05, 0) is 47.9 Å². The first-order valence-corrected chi connectivity index (χ1v) is 10.1. The molecule has 0 radical (unpaired) electrons. The molecule has 0 fully saturated rings. The highest BCUT2D eigenvalue weighted by Gasteiger charge is 2.28. The summed E-state index contributed by atoms with van der Waals surface area (Å²) in [6.45, 7) is 0. The van der Waals surface area contributed by atoms with Gasteiger partial charge in [0.1, 0.15) is 6.42 Å². The van der Waals surface area contributed by atoms with Crippen LogP contribution in [0.25, 0.3) is 10.8 Å². The van der Waals surface area contributed by atoms with Crippen LogP contribution in [0.1, 0.15) is 16.8 Å². The van der Waals surface area contributed by atoms with Crippen molar-refractivity contribution in [3.63, 3.8) is 0 Å². The molecular weight excluding hydrogens is 404 g/mol. The van der Waals surface area contributed by atoms with E-state index in [9.17, 15) is 14.4 Å². The van der Waals surface area contributed by atoms with Gasteiger partial charge >= 0.3 is 0 Å². The lowest BCUT2D eigenvalue weighted by molar-refractivity contribution is -0.124. The average Bonchev–Trinajstić information content (AvgIpc) is 2.95. The number of nitrogens with one attached hydrogen (secondary N) is 2. The van der Waals surface area contributed by atoms with E-state index in [1.54, 1.807) is 48.8 Å². The van der Waals surface area contributed by atoms with E-state index < -0.39 is 0 Å². The van der Waals surface area contributed by atoms with E-state index in [1.165, 1.54) is 4.90 Å². The molecular formula is C25H18N4O3. The van der Waals surface area contributed by atoms with E-state index in [-0.39, 0.29) is 24.1 Å². The molecule has 2 N–H and O–H groups in total. The monoisotopic (exact) mass is 422 g/mol. The van der Waals surface area contributed by atoms with Crippen molar-refractivity contribution in [2.24, 2.45) is 0 Å². The van der Waals surface area contributed by atoms with E-state index in [2.05, 4.69) is 15.6 Å². The molecule has 7 heteroatoms. The number of aromatic nitrogens is 1. The number of nitrogens with zero attached hydrogens (tertiary/aromatic N) is 2. The average molecular weight is 422 g/mol. The third-order valence-electron chi connectivity index (χ3n) is 5.30. The molecule has 1 aliphatic rings. The first-order valence-electron chi connectivity index (χ1n) is 10.1. The Bertz CT molecular complexity index is 1350.